The van der Waals surface area contributed by atoms with Gasteiger partial charge in [0.05, 0.1) is 23.4 Å². The first-order chi connectivity index (χ1) is 10.0. The maximum absolute atomic E-state index is 13.2. The van der Waals surface area contributed by atoms with Gasteiger partial charge in [-0.3, -0.25) is 0 Å². The molecule has 0 aliphatic heterocycles. The summed E-state index contributed by atoms with van der Waals surface area (Å²) in [6.07, 6.45) is 0. The molecule has 3 nitrogen and oxygen atoms in total. The fraction of sp³-hybridized carbons (Fsp3) is 0.133. The number of nitrogens with one attached hydrogen (secondary N) is 1. The van der Waals surface area contributed by atoms with Crippen LogP contribution < -0.4 is 5.32 Å². The minimum absolute atomic E-state index is 0.359. The predicted octanol–water partition coefficient (Wildman–Crippen LogP) is 4.64. The van der Waals surface area contributed by atoms with Crippen molar-refractivity contribution in [2.45, 2.75) is 6.54 Å². The van der Waals surface area contributed by atoms with Crippen molar-refractivity contribution in [3.8, 4) is 0 Å². The Morgan fingerprint density at radius 3 is 2.76 bits per heavy atom. The minimum Gasteiger partial charge on any atom is -0.465 e. The summed E-state index contributed by atoms with van der Waals surface area (Å²) in [5.74, 6) is -0.759. The van der Waals surface area contributed by atoms with Crippen molar-refractivity contribution in [3.63, 3.8) is 0 Å². The second-order valence-corrected chi connectivity index (χ2v) is 5.54. The summed E-state index contributed by atoms with van der Waals surface area (Å²) in [6, 6.07) is 9.26. The standard InChI is InChI=1S/C15H12BrClFNO2/c1-21-15(20)9-2-3-10(12(16)6-9)8-19-14-7-11(18)4-5-13(14)17/h2-7,19H,8H2,1H3. The van der Waals surface area contributed by atoms with Gasteiger partial charge in [-0.1, -0.05) is 33.6 Å². The lowest BCUT2D eigenvalue weighted by Crippen LogP contribution is -2.04. The number of hydrogen-bond donors (Lipinski definition) is 1. The Bertz CT molecular complexity index is 679. The van der Waals surface area contributed by atoms with E-state index in [1.807, 2.05) is 0 Å². The number of benzene rings is 2. The molecular formula is C15H12BrClFNO2. The van der Waals surface area contributed by atoms with Gasteiger partial charge < -0.3 is 10.1 Å². The lowest BCUT2D eigenvalue weighted by atomic mass is 10.1. The summed E-state index contributed by atoms with van der Waals surface area (Å²) in [5.41, 5.74) is 1.88. The molecule has 0 saturated carbocycles. The van der Waals surface area contributed by atoms with Crippen molar-refractivity contribution < 1.29 is 13.9 Å². The van der Waals surface area contributed by atoms with E-state index in [1.54, 1.807) is 18.2 Å². The fourth-order valence-corrected chi connectivity index (χ4v) is 2.46. The van der Waals surface area contributed by atoms with Crippen molar-refractivity contribution >= 4 is 39.2 Å². The molecule has 0 spiro atoms. The van der Waals surface area contributed by atoms with Gasteiger partial charge >= 0.3 is 5.97 Å². The molecule has 0 aliphatic rings. The molecule has 0 aliphatic carbocycles. The highest BCUT2D eigenvalue weighted by molar-refractivity contribution is 9.10. The molecule has 0 unspecified atom stereocenters. The second-order valence-electron chi connectivity index (χ2n) is 4.28. The van der Waals surface area contributed by atoms with Gasteiger partial charge in [0.1, 0.15) is 5.82 Å². The van der Waals surface area contributed by atoms with Crippen molar-refractivity contribution in [2.24, 2.45) is 0 Å². The topological polar surface area (TPSA) is 38.3 Å². The third-order valence-corrected chi connectivity index (χ3v) is 3.94. The Balaban J connectivity index is 2.13. The average molecular weight is 373 g/mol. The SMILES string of the molecule is COC(=O)c1ccc(CNc2cc(F)ccc2Cl)c(Br)c1. The molecule has 0 atom stereocenters. The van der Waals surface area contributed by atoms with Gasteiger partial charge in [-0.05, 0) is 35.9 Å². The summed E-state index contributed by atoms with van der Waals surface area (Å²) < 4.78 is 18.6. The number of hydrogen-bond acceptors (Lipinski definition) is 3. The van der Waals surface area contributed by atoms with Crippen LogP contribution in [-0.2, 0) is 11.3 Å². The van der Waals surface area contributed by atoms with E-state index in [2.05, 4.69) is 26.0 Å². The van der Waals surface area contributed by atoms with E-state index in [0.29, 0.717) is 22.8 Å². The molecule has 2 aromatic carbocycles. The predicted molar refractivity (Wildman–Crippen MR) is 84.2 cm³/mol. The molecule has 2 aromatic rings. The zero-order valence-electron chi connectivity index (χ0n) is 11.1. The first kappa shape index (κ1) is 15.8. The molecule has 0 bridgehead atoms. The highest BCUT2D eigenvalue weighted by Crippen LogP contribution is 2.25. The van der Waals surface area contributed by atoms with Gasteiger partial charge in [0, 0.05) is 11.0 Å². The van der Waals surface area contributed by atoms with Crippen molar-refractivity contribution in [2.75, 3.05) is 12.4 Å². The molecule has 0 fully saturated rings. The van der Waals surface area contributed by atoms with E-state index in [-0.39, 0.29) is 5.82 Å². The number of ether oxygens (including phenoxy) is 1. The fourth-order valence-electron chi connectivity index (χ4n) is 1.76. The number of carbonyl (C=O) groups is 1. The zero-order valence-corrected chi connectivity index (χ0v) is 13.5. The first-order valence-corrected chi connectivity index (χ1v) is 7.24. The van der Waals surface area contributed by atoms with Crippen LogP contribution in [0.25, 0.3) is 0 Å². The van der Waals surface area contributed by atoms with Crippen LogP contribution in [0, 0.1) is 5.82 Å². The van der Waals surface area contributed by atoms with E-state index < -0.39 is 5.97 Å². The Hall–Kier alpha value is -1.59. The molecular weight excluding hydrogens is 361 g/mol. The van der Waals surface area contributed by atoms with Crippen LogP contribution in [0.5, 0.6) is 0 Å². The Labute approximate surface area is 135 Å². The molecule has 0 aromatic heterocycles. The molecule has 1 N–H and O–H groups in total. The van der Waals surface area contributed by atoms with Crippen LogP contribution in [0.3, 0.4) is 0 Å². The van der Waals surface area contributed by atoms with Crippen molar-refractivity contribution in [1.29, 1.82) is 0 Å². The average Bonchev–Trinajstić information content (AvgIpc) is 2.48. The number of methoxy groups -OCH3 is 1. The number of halogens is 3. The lowest BCUT2D eigenvalue weighted by molar-refractivity contribution is 0.0600. The van der Waals surface area contributed by atoms with Crippen molar-refractivity contribution in [3.05, 3.63) is 62.8 Å². The van der Waals surface area contributed by atoms with Gasteiger partial charge in [0.15, 0.2) is 0 Å². The third kappa shape index (κ3) is 3.95. The highest BCUT2D eigenvalue weighted by Gasteiger charge is 2.09. The zero-order chi connectivity index (χ0) is 15.4. The maximum atomic E-state index is 13.2. The number of anilines is 1. The molecule has 2 rings (SSSR count). The third-order valence-electron chi connectivity index (χ3n) is 2.87. The number of rotatable bonds is 4. The summed E-state index contributed by atoms with van der Waals surface area (Å²) in [7, 11) is 1.33. The minimum atomic E-state index is -0.400. The van der Waals surface area contributed by atoms with Gasteiger partial charge in [0.2, 0.25) is 0 Å². The van der Waals surface area contributed by atoms with E-state index in [4.69, 9.17) is 11.6 Å². The Morgan fingerprint density at radius 1 is 1.33 bits per heavy atom. The molecule has 21 heavy (non-hydrogen) atoms. The Morgan fingerprint density at radius 2 is 2.10 bits per heavy atom. The number of carbonyl (C=O) groups excluding carboxylic acids is 1. The monoisotopic (exact) mass is 371 g/mol. The summed E-state index contributed by atoms with van der Waals surface area (Å²) in [6.45, 7) is 0.436. The van der Waals surface area contributed by atoms with Crippen LogP contribution in [0.2, 0.25) is 5.02 Å². The second kappa shape index (κ2) is 6.91. The van der Waals surface area contributed by atoms with E-state index >= 15 is 0 Å². The lowest BCUT2D eigenvalue weighted by Gasteiger charge is -2.11. The molecule has 0 amide bonds. The Kier molecular flexibility index (Phi) is 5.20. The van der Waals surface area contributed by atoms with Gasteiger partial charge in [-0.15, -0.1) is 0 Å². The highest BCUT2D eigenvalue weighted by atomic mass is 79.9. The number of esters is 1. The smallest absolute Gasteiger partial charge is 0.337 e. The molecule has 6 heteroatoms. The van der Waals surface area contributed by atoms with Crippen LogP contribution >= 0.6 is 27.5 Å². The molecule has 110 valence electrons. The summed E-state index contributed by atoms with van der Waals surface area (Å²) in [5, 5.41) is 3.50. The largest absolute Gasteiger partial charge is 0.465 e. The van der Waals surface area contributed by atoms with Crippen molar-refractivity contribution in [1.82, 2.24) is 0 Å². The van der Waals surface area contributed by atoms with Crippen LogP contribution in [0.15, 0.2) is 40.9 Å². The summed E-state index contributed by atoms with van der Waals surface area (Å²) in [4.78, 5) is 11.4. The van der Waals surface area contributed by atoms with Gasteiger partial charge in [-0.2, -0.15) is 0 Å². The maximum Gasteiger partial charge on any atom is 0.337 e. The molecule has 0 radical (unpaired) electrons. The van der Waals surface area contributed by atoms with E-state index in [9.17, 15) is 9.18 Å². The molecule has 0 heterocycles. The quantitative estimate of drug-likeness (QED) is 0.795. The van der Waals surface area contributed by atoms with Gasteiger partial charge in [-0.25, -0.2) is 9.18 Å². The van der Waals surface area contributed by atoms with E-state index in [1.165, 1.54) is 25.3 Å². The normalized spacial score (nSPS) is 10.3. The van der Waals surface area contributed by atoms with Crippen LogP contribution in [0.1, 0.15) is 15.9 Å². The first-order valence-electron chi connectivity index (χ1n) is 6.07. The van der Waals surface area contributed by atoms with E-state index in [0.717, 1.165) is 10.0 Å². The van der Waals surface area contributed by atoms with Crippen LogP contribution in [0.4, 0.5) is 10.1 Å². The van der Waals surface area contributed by atoms with Gasteiger partial charge in [0.25, 0.3) is 0 Å². The molecule has 0 saturated heterocycles. The summed E-state index contributed by atoms with van der Waals surface area (Å²) >= 11 is 9.38. The van der Waals surface area contributed by atoms with Crippen LogP contribution in [-0.4, -0.2) is 13.1 Å².